The lowest BCUT2D eigenvalue weighted by Crippen LogP contribution is -2.27. The molecule has 0 bridgehead atoms. The van der Waals surface area contributed by atoms with E-state index < -0.39 is 13.1 Å². The third-order valence-corrected chi connectivity index (χ3v) is 0.874. The standard InChI is InChI=1S/C4H10BFO/c1-4(2,5-6)7-3/h5H,1-3H3. The van der Waals surface area contributed by atoms with Crippen LogP contribution in [-0.4, -0.2) is 20.2 Å². The highest BCUT2D eigenvalue weighted by Crippen LogP contribution is 2.03. The predicted octanol–water partition coefficient (Wildman–Crippen LogP) is 0.690. The van der Waals surface area contributed by atoms with Crippen LogP contribution in [0, 0.1) is 0 Å². The molecule has 0 saturated carbocycles. The minimum Gasteiger partial charge on any atom is -0.384 e. The molecule has 0 aliphatic rings. The number of methoxy groups -OCH3 is 1. The van der Waals surface area contributed by atoms with E-state index in [-0.39, 0.29) is 0 Å². The van der Waals surface area contributed by atoms with Crippen LogP contribution in [-0.2, 0) is 4.74 Å². The van der Waals surface area contributed by atoms with Crippen LogP contribution in [0.3, 0.4) is 0 Å². The van der Waals surface area contributed by atoms with Crippen molar-refractivity contribution in [3.05, 3.63) is 0 Å². The predicted molar refractivity (Wildman–Crippen MR) is 29.3 cm³/mol. The van der Waals surface area contributed by atoms with Crippen LogP contribution in [0.25, 0.3) is 0 Å². The van der Waals surface area contributed by atoms with Gasteiger partial charge in [0.1, 0.15) is 0 Å². The summed E-state index contributed by atoms with van der Waals surface area (Å²) in [6, 6.07) is 0. The normalized spacial score (nSPS) is 11.4. The Morgan fingerprint density at radius 2 is 2.00 bits per heavy atom. The first-order chi connectivity index (χ1) is 3.12. The van der Waals surface area contributed by atoms with E-state index >= 15 is 0 Å². The van der Waals surface area contributed by atoms with Crippen molar-refractivity contribution in [2.45, 2.75) is 19.3 Å². The van der Waals surface area contributed by atoms with Gasteiger partial charge in [-0.3, -0.25) is 0 Å². The summed E-state index contributed by atoms with van der Waals surface area (Å²) in [6.45, 7) is 3.40. The molecule has 0 spiro atoms. The lowest BCUT2D eigenvalue weighted by Gasteiger charge is -2.15. The first-order valence-corrected chi connectivity index (χ1v) is 2.23. The van der Waals surface area contributed by atoms with Gasteiger partial charge in [0.25, 0.3) is 0 Å². The van der Waals surface area contributed by atoms with Crippen LogP contribution in [0.1, 0.15) is 13.8 Å². The van der Waals surface area contributed by atoms with Gasteiger partial charge in [0.15, 0.2) is 0 Å². The van der Waals surface area contributed by atoms with Gasteiger partial charge in [-0.1, -0.05) is 0 Å². The molecule has 0 saturated heterocycles. The molecular weight excluding hydrogens is 93.9 g/mol. The lowest BCUT2D eigenvalue weighted by molar-refractivity contribution is 0.0873. The SMILES string of the molecule is COC(C)(C)BF. The Morgan fingerprint density at radius 3 is 2.00 bits per heavy atom. The van der Waals surface area contributed by atoms with Crippen molar-refractivity contribution < 1.29 is 9.05 Å². The van der Waals surface area contributed by atoms with E-state index in [9.17, 15) is 4.32 Å². The van der Waals surface area contributed by atoms with Crippen molar-refractivity contribution in [1.82, 2.24) is 0 Å². The number of hydrogen-bond acceptors (Lipinski definition) is 1. The van der Waals surface area contributed by atoms with Crippen molar-refractivity contribution >= 4 is 7.56 Å². The van der Waals surface area contributed by atoms with Crippen LogP contribution in [0.15, 0.2) is 0 Å². The van der Waals surface area contributed by atoms with Crippen molar-refractivity contribution in [2.24, 2.45) is 0 Å². The number of rotatable bonds is 2. The fourth-order valence-corrected chi connectivity index (χ4v) is 0.0546. The van der Waals surface area contributed by atoms with Crippen LogP contribution >= 0.6 is 0 Å². The quantitative estimate of drug-likeness (QED) is 0.468. The highest BCUT2D eigenvalue weighted by molar-refractivity contribution is 6.30. The summed E-state index contributed by atoms with van der Waals surface area (Å²) in [6.07, 6.45) is 0. The molecule has 0 heterocycles. The number of halogens is 1. The molecule has 0 radical (unpaired) electrons. The zero-order chi connectivity index (χ0) is 5.91. The maximum absolute atomic E-state index is 11.6. The minimum atomic E-state index is -0.583. The van der Waals surface area contributed by atoms with Crippen LogP contribution in [0.5, 0.6) is 0 Å². The van der Waals surface area contributed by atoms with Gasteiger partial charge in [-0.2, -0.15) is 0 Å². The number of hydrogen-bond donors (Lipinski definition) is 0. The lowest BCUT2D eigenvalue weighted by atomic mass is 9.81. The van der Waals surface area contributed by atoms with Gasteiger partial charge in [0.2, 0.25) is 0 Å². The largest absolute Gasteiger partial charge is 0.384 e. The molecule has 0 atom stereocenters. The van der Waals surface area contributed by atoms with E-state index in [1.807, 2.05) is 0 Å². The highest BCUT2D eigenvalue weighted by atomic mass is 19.1. The average Bonchev–Trinajstić information content (AvgIpc) is 1.68. The molecule has 7 heavy (non-hydrogen) atoms. The second kappa shape index (κ2) is 2.31. The van der Waals surface area contributed by atoms with Gasteiger partial charge in [0.05, 0.1) is 5.50 Å². The summed E-state index contributed by atoms with van der Waals surface area (Å²) < 4.78 is 16.4. The summed E-state index contributed by atoms with van der Waals surface area (Å²) in [5.41, 5.74) is -0.583. The van der Waals surface area contributed by atoms with E-state index in [0.29, 0.717) is 0 Å². The summed E-state index contributed by atoms with van der Waals surface area (Å²) in [5, 5.41) is 0. The Hall–Kier alpha value is -0.0451. The molecule has 0 aliphatic heterocycles. The zero-order valence-electron chi connectivity index (χ0n) is 4.99. The van der Waals surface area contributed by atoms with E-state index in [1.165, 1.54) is 7.11 Å². The Balaban J connectivity index is 3.36. The molecule has 0 aromatic heterocycles. The first-order valence-electron chi connectivity index (χ1n) is 2.23. The molecule has 0 aliphatic carbocycles. The van der Waals surface area contributed by atoms with Crippen LogP contribution < -0.4 is 0 Å². The molecule has 0 fully saturated rings. The number of ether oxygens (including phenoxy) is 1. The fraction of sp³-hybridized carbons (Fsp3) is 1.00. The summed E-state index contributed by atoms with van der Waals surface area (Å²) in [5.74, 6) is 0. The highest BCUT2D eigenvalue weighted by Gasteiger charge is 2.17. The molecule has 1 nitrogen and oxygen atoms in total. The third kappa shape index (κ3) is 2.63. The topological polar surface area (TPSA) is 9.23 Å². The second-order valence-electron chi connectivity index (χ2n) is 2.10. The van der Waals surface area contributed by atoms with Crippen molar-refractivity contribution in [3.63, 3.8) is 0 Å². The Labute approximate surface area is 44.1 Å². The van der Waals surface area contributed by atoms with Gasteiger partial charge < -0.3 is 9.05 Å². The van der Waals surface area contributed by atoms with Gasteiger partial charge in [-0.25, -0.2) is 0 Å². The minimum absolute atomic E-state index is 0.427. The van der Waals surface area contributed by atoms with E-state index in [2.05, 4.69) is 0 Å². The molecule has 0 rings (SSSR count). The van der Waals surface area contributed by atoms with E-state index in [0.717, 1.165) is 0 Å². The molecule has 0 aromatic carbocycles. The fourth-order valence-electron chi connectivity index (χ4n) is 0.0546. The summed E-state index contributed by atoms with van der Waals surface area (Å²) in [4.78, 5) is 0. The molecule has 3 heteroatoms. The zero-order valence-corrected chi connectivity index (χ0v) is 4.99. The van der Waals surface area contributed by atoms with Gasteiger partial charge in [-0.15, -0.1) is 0 Å². The molecule has 0 unspecified atom stereocenters. The molecule has 42 valence electrons. The van der Waals surface area contributed by atoms with Gasteiger partial charge >= 0.3 is 7.56 Å². The van der Waals surface area contributed by atoms with Crippen molar-refractivity contribution in [1.29, 1.82) is 0 Å². The molecule has 0 aromatic rings. The maximum Gasteiger partial charge on any atom is 0.363 e. The van der Waals surface area contributed by atoms with Crippen molar-refractivity contribution in [2.75, 3.05) is 7.11 Å². The average molecular weight is 104 g/mol. The molecular formula is C4H10BFO. The maximum atomic E-state index is 11.6. The van der Waals surface area contributed by atoms with Gasteiger partial charge in [0, 0.05) is 7.11 Å². The van der Waals surface area contributed by atoms with Gasteiger partial charge in [-0.05, 0) is 13.8 Å². The Morgan fingerprint density at radius 1 is 1.57 bits per heavy atom. The Kier molecular flexibility index (Phi) is 2.30. The van der Waals surface area contributed by atoms with Crippen molar-refractivity contribution in [3.8, 4) is 0 Å². The second-order valence-corrected chi connectivity index (χ2v) is 2.10. The van der Waals surface area contributed by atoms with Crippen LogP contribution in [0.4, 0.5) is 4.32 Å². The monoisotopic (exact) mass is 104 g/mol. The molecule has 0 N–H and O–H groups in total. The third-order valence-electron chi connectivity index (χ3n) is 0.874. The Bertz CT molecular complexity index is 49.7. The first kappa shape index (κ1) is 6.95. The summed E-state index contributed by atoms with van der Waals surface area (Å²) >= 11 is 0. The van der Waals surface area contributed by atoms with E-state index in [4.69, 9.17) is 4.74 Å². The smallest absolute Gasteiger partial charge is 0.363 e. The summed E-state index contributed by atoms with van der Waals surface area (Å²) in [7, 11) is 1.07. The van der Waals surface area contributed by atoms with E-state index in [1.54, 1.807) is 13.8 Å². The molecule has 0 amide bonds. The van der Waals surface area contributed by atoms with Crippen LogP contribution in [0.2, 0.25) is 0 Å².